The number of benzene rings is 1. The van der Waals surface area contributed by atoms with E-state index in [-0.39, 0.29) is 0 Å². The molecule has 2 N–H and O–H groups in total. The Morgan fingerprint density at radius 2 is 2.20 bits per heavy atom. The lowest BCUT2D eigenvalue weighted by Gasteiger charge is -2.04. The van der Waals surface area contributed by atoms with Crippen molar-refractivity contribution in [1.82, 2.24) is 9.78 Å². The van der Waals surface area contributed by atoms with E-state index in [1.54, 1.807) is 4.68 Å². The summed E-state index contributed by atoms with van der Waals surface area (Å²) < 4.78 is 1.76. The van der Waals surface area contributed by atoms with Crippen LogP contribution in [-0.2, 0) is 6.54 Å². The van der Waals surface area contributed by atoms with Crippen LogP contribution in [0.5, 0.6) is 0 Å². The van der Waals surface area contributed by atoms with Crippen LogP contribution in [0.25, 0.3) is 0 Å². The van der Waals surface area contributed by atoms with Gasteiger partial charge in [-0.25, -0.2) is 4.68 Å². The second-order valence-electron chi connectivity index (χ2n) is 3.50. The lowest BCUT2D eigenvalue weighted by Crippen LogP contribution is -2.05. The highest BCUT2D eigenvalue weighted by Crippen LogP contribution is 2.13. The summed E-state index contributed by atoms with van der Waals surface area (Å²) in [4.78, 5) is 0. The number of nitrogen functional groups attached to an aromatic ring is 1. The SMILES string of the molecule is Cc1cc(N)n(Cc2cccc(Cl)c2)n1. The van der Waals surface area contributed by atoms with Crippen LogP contribution >= 0.6 is 11.6 Å². The van der Waals surface area contributed by atoms with Crippen molar-refractivity contribution >= 4 is 17.4 Å². The van der Waals surface area contributed by atoms with E-state index in [0.717, 1.165) is 16.3 Å². The highest BCUT2D eigenvalue weighted by atomic mass is 35.5. The number of halogens is 1. The van der Waals surface area contributed by atoms with Crippen LogP contribution in [0.1, 0.15) is 11.3 Å². The second kappa shape index (κ2) is 3.95. The van der Waals surface area contributed by atoms with Crippen LogP contribution in [0.4, 0.5) is 5.82 Å². The first-order valence-corrected chi connectivity index (χ1v) is 5.07. The molecule has 0 saturated carbocycles. The van der Waals surface area contributed by atoms with Crippen LogP contribution in [-0.4, -0.2) is 9.78 Å². The normalized spacial score (nSPS) is 10.5. The lowest BCUT2D eigenvalue weighted by molar-refractivity contribution is 0.689. The smallest absolute Gasteiger partial charge is 0.122 e. The van der Waals surface area contributed by atoms with Crippen molar-refractivity contribution in [1.29, 1.82) is 0 Å². The molecule has 4 heteroatoms. The van der Waals surface area contributed by atoms with Crippen molar-refractivity contribution < 1.29 is 0 Å². The fourth-order valence-electron chi connectivity index (χ4n) is 1.50. The molecule has 78 valence electrons. The largest absolute Gasteiger partial charge is 0.384 e. The average Bonchev–Trinajstić information content (AvgIpc) is 2.45. The summed E-state index contributed by atoms with van der Waals surface area (Å²) in [6.07, 6.45) is 0. The van der Waals surface area contributed by atoms with E-state index in [0.29, 0.717) is 12.4 Å². The second-order valence-corrected chi connectivity index (χ2v) is 3.93. The fraction of sp³-hybridized carbons (Fsp3) is 0.182. The van der Waals surface area contributed by atoms with E-state index in [1.807, 2.05) is 37.3 Å². The highest BCUT2D eigenvalue weighted by Gasteiger charge is 2.02. The van der Waals surface area contributed by atoms with E-state index in [4.69, 9.17) is 17.3 Å². The van der Waals surface area contributed by atoms with Gasteiger partial charge in [-0.1, -0.05) is 23.7 Å². The van der Waals surface area contributed by atoms with Crippen LogP contribution in [0.15, 0.2) is 30.3 Å². The molecule has 0 aliphatic rings. The third-order valence-corrected chi connectivity index (χ3v) is 2.39. The molecule has 0 aliphatic carbocycles. The van der Waals surface area contributed by atoms with E-state index in [1.165, 1.54) is 0 Å². The summed E-state index contributed by atoms with van der Waals surface area (Å²) in [6, 6.07) is 9.54. The van der Waals surface area contributed by atoms with E-state index in [2.05, 4.69) is 5.10 Å². The molecule has 1 aromatic heterocycles. The molecule has 0 spiro atoms. The van der Waals surface area contributed by atoms with Gasteiger partial charge in [-0.2, -0.15) is 5.10 Å². The Labute approximate surface area is 93.5 Å². The van der Waals surface area contributed by atoms with Gasteiger partial charge < -0.3 is 5.73 Å². The molecule has 0 unspecified atom stereocenters. The average molecular weight is 222 g/mol. The number of aromatic nitrogens is 2. The van der Waals surface area contributed by atoms with Gasteiger partial charge >= 0.3 is 0 Å². The van der Waals surface area contributed by atoms with Gasteiger partial charge in [0.1, 0.15) is 5.82 Å². The molecule has 0 aliphatic heterocycles. The predicted molar refractivity (Wildman–Crippen MR) is 61.9 cm³/mol. The van der Waals surface area contributed by atoms with Crippen molar-refractivity contribution in [2.75, 3.05) is 5.73 Å². The summed E-state index contributed by atoms with van der Waals surface area (Å²) in [5.74, 6) is 0.674. The zero-order chi connectivity index (χ0) is 10.8. The standard InChI is InChI=1S/C11H12ClN3/c1-8-5-11(13)15(14-8)7-9-3-2-4-10(12)6-9/h2-6H,7,13H2,1H3. The Morgan fingerprint density at radius 1 is 1.40 bits per heavy atom. The van der Waals surface area contributed by atoms with Gasteiger partial charge in [0, 0.05) is 11.1 Å². The van der Waals surface area contributed by atoms with E-state index >= 15 is 0 Å². The molecular formula is C11H12ClN3. The van der Waals surface area contributed by atoms with E-state index < -0.39 is 0 Å². The minimum Gasteiger partial charge on any atom is -0.384 e. The Kier molecular flexibility index (Phi) is 2.64. The van der Waals surface area contributed by atoms with Gasteiger partial charge in [-0.3, -0.25) is 0 Å². The number of hydrogen-bond acceptors (Lipinski definition) is 2. The van der Waals surface area contributed by atoms with Crippen LogP contribution in [0.3, 0.4) is 0 Å². The Bertz CT molecular complexity index is 476. The Balaban J connectivity index is 2.25. The van der Waals surface area contributed by atoms with E-state index in [9.17, 15) is 0 Å². The quantitative estimate of drug-likeness (QED) is 0.847. The van der Waals surface area contributed by atoms with Gasteiger partial charge in [0.05, 0.1) is 12.2 Å². The summed E-state index contributed by atoms with van der Waals surface area (Å²) in [5, 5.41) is 5.02. The zero-order valence-electron chi connectivity index (χ0n) is 8.44. The number of nitrogens with zero attached hydrogens (tertiary/aromatic N) is 2. The number of anilines is 1. The molecule has 3 nitrogen and oxygen atoms in total. The summed E-state index contributed by atoms with van der Waals surface area (Å²) >= 11 is 5.90. The third kappa shape index (κ3) is 2.30. The molecule has 0 radical (unpaired) electrons. The predicted octanol–water partition coefficient (Wildman–Crippen LogP) is 2.48. The Hall–Kier alpha value is -1.48. The maximum absolute atomic E-state index is 5.90. The van der Waals surface area contributed by atoms with Crippen molar-refractivity contribution in [2.24, 2.45) is 0 Å². The van der Waals surface area contributed by atoms with Gasteiger partial charge in [0.15, 0.2) is 0 Å². The minimum atomic E-state index is 0.653. The number of rotatable bonds is 2. The first kappa shape index (κ1) is 10.1. The number of aryl methyl sites for hydroxylation is 1. The first-order valence-electron chi connectivity index (χ1n) is 4.69. The third-order valence-electron chi connectivity index (χ3n) is 2.15. The van der Waals surface area contributed by atoms with Gasteiger partial charge in [0.25, 0.3) is 0 Å². The Morgan fingerprint density at radius 3 is 2.80 bits per heavy atom. The van der Waals surface area contributed by atoms with Gasteiger partial charge in [-0.15, -0.1) is 0 Å². The molecule has 0 fully saturated rings. The highest BCUT2D eigenvalue weighted by molar-refractivity contribution is 6.30. The minimum absolute atomic E-state index is 0.653. The van der Waals surface area contributed by atoms with Crippen LogP contribution in [0.2, 0.25) is 5.02 Å². The maximum Gasteiger partial charge on any atom is 0.122 e. The fourth-order valence-corrected chi connectivity index (χ4v) is 1.71. The number of nitrogens with two attached hydrogens (primary N) is 1. The van der Waals surface area contributed by atoms with Crippen molar-refractivity contribution in [2.45, 2.75) is 13.5 Å². The molecule has 1 heterocycles. The molecule has 2 aromatic rings. The molecule has 2 rings (SSSR count). The monoisotopic (exact) mass is 221 g/mol. The molecule has 0 bridgehead atoms. The summed E-state index contributed by atoms with van der Waals surface area (Å²) in [7, 11) is 0. The van der Waals surface area contributed by atoms with Crippen molar-refractivity contribution in [3.05, 3.63) is 46.6 Å². The molecule has 1 aromatic carbocycles. The maximum atomic E-state index is 5.90. The van der Waals surface area contributed by atoms with Crippen molar-refractivity contribution in [3.63, 3.8) is 0 Å². The molecule has 0 amide bonds. The topological polar surface area (TPSA) is 43.8 Å². The van der Waals surface area contributed by atoms with Crippen LogP contribution in [0, 0.1) is 6.92 Å². The molecule has 15 heavy (non-hydrogen) atoms. The lowest BCUT2D eigenvalue weighted by atomic mass is 10.2. The summed E-state index contributed by atoms with van der Waals surface area (Å²) in [6.45, 7) is 2.57. The molecule has 0 saturated heterocycles. The van der Waals surface area contributed by atoms with Crippen LogP contribution < -0.4 is 5.73 Å². The number of hydrogen-bond donors (Lipinski definition) is 1. The van der Waals surface area contributed by atoms with Gasteiger partial charge in [-0.05, 0) is 24.6 Å². The van der Waals surface area contributed by atoms with Gasteiger partial charge in [0.2, 0.25) is 0 Å². The molecular weight excluding hydrogens is 210 g/mol. The van der Waals surface area contributed by atoms with Crippen molar-refractivity contribution in [3.8, 4) is 0 Å². The zero-order valence-corrected chi connectivity index (χ0v) is 9.20. The molecule has 0 atom stereocenters. The summed E-state index contributed by atoms with van der Waals surface area (Å²) in [5.41, 5.74) is 7.81. The first-order chi connectivity index (χ1) is 7.15.